The van der Waals surface area contributed by atoms with Crippen LogP contribution in [0.2, 0.25) is 5.02 Å². The number of thiophene rings is 1. The van der Waals surface area contributed by atoms with Gasteiger partial charge >= 0.3 is 0 Å². The van der Waals surface area contributed by atoms with Crippen LogP contribution in [-0.4, -0.2) is 11.8 Å². The van der Waals surface area contributed by atoms with E-state index in [9.17, 15) is 9.59 Å². The number of carbonyl (C=O) groups is 2. The van der Waals surface area contributed by atoms with E-state index in [4.69, 9.17) is 17.3 Å². The Balaban J connectivity index is 2.20. The Morgan fingerprint density at radius 2 is 2.05 bits per heavy atom. The normalized spacial score (nSPS) is 10.3. The highest BCUT2D eigenvalue weighted by molar-refractivity contribution is 9.11. The highest BCUT2D eigenvalue weighted by Crippen LogP contribution is 2.28. The molecule has 1 aromatic heterocycles. The third-order valence-corrected chi connectivity index (χ3v) is 5.02. The molecule has 0 unspecified atom stereocenters. The Kier molecular flexibility index (Phi) is 4.47. The summed E-state index contributed by atoms with van der Waals surface area (Å²) in [5, 5.41) is 2.93. The van der Waals surface area contributed by atoms with E-state index < -0.39 is 5.91 Å². The summed E-state index contributed by atoms with van der Waals surface area (Å²) >= 11 is 10.7. The first-order valence-electron chi connectivity index (χ1n) is 5.55. The second kappa shape index (κ2) is 5.95. The predicted octanol–water partition coefficient (Wildman–Crippen LogP) is 3.82. The second-order valence-corrected chi connectivity index (χ2v) is 6.86. The molecule has 0 saturated carbocycles. The van der Waals surface area contributed by atoms with Crippen molar-refractivity contribution in [2.75, 3.05) is 5.32 Å². The molecule has 0 aliphatic carbocycles. The van der Waals surface area contributed by atoms with Gasteiger partial charge in [-0.05, 0) is 52.7 Å². The first kappa shape index (κ1) is 15.0. The molecule has 2 amide bonds. The molecule has 0 saturated heterocycles. The number of anilines is 1. The number of aryl methyl sites for hydroxylation is 1. The van der Waals surface area contributed by atoms with E-state index in [1.54, 1.807) is 12.1 Å². The Morgan fingerprint density at radius 1 is 1.35 bits per heavy atom. The first-order valence-corrected chi connectivity index (χ1v) is 7.54. The number of rotatable bonds is 3. The molecule has 0 bridgehead atoms. The number of nitrogens with one attached hydrogen (secondary N) is 1. The van der Waals surface area contributed by atoms with Crippen LogP contribution >= 0.6 is 38.9 Å². The maximum atomic E-state index is 12.1. The minimum Gasteiger partial charge on any atom is -0.366 e. The fraction of sp³-hybridized carbons (Fsp3) is 0.0769. The topological polar surface area (TPSA) is 72.2 Å². The van der Waals surface area contributed by atoms with E-state index >= 15 is 0 Å². The Labute approximate surface area is 133 Å². The largest absolute Gasteiger partial charge is 0.366 e. The summed E-state index contributed by atoms with van der Waals surface area (Å²) in [6, 6.07) is 6.35. The zero-order chi connectivity index (χ0) is 14.9. The van der Waals surface area contributed by atoms with Crippen LogP contribution in [0.5, 0.6) is 0 Å². The van der Waals surface area contributed by atoms with E-state index in [1.165, 1.54) is 23.5 Å². The van der Waals surface area contributed by atoms with Gasteiger partial charge in [0.05, 0.1) is 19.2 Å². The zero-order valence-electron chi connectivity index (χ0n) is 10.4. The van der Waals surface area contributed by atoms with Crippen LogP contribution in [-0.2, 0) is 0 Å². The summed E-state index contributed by atoms with van der Waals surface area (Å²) in [6.45, 7) is 1.91. The summed E-state index contributed by atoms with van der Waals surface area (Å²) in [6.07, 6.45) is 0. The van der Waals surface area contributed by atoms with Gasteiger partial charge in [0.15, 0.2) is 0 Å². The Morgan fingerprint density at radius 3 is 2.55 bits per heavy atom. The van der Waals surface area contributed by atoms with Gasteiger partial charge in [-0.1, -0.05) is 11.6 Å². The Bertz CT molecular complexity index is 680. The van der Waals surface area contributed by atoms with Gasteiger partial charge in [-0.25, -0.2) is 0 Å². The zero-order valence-corrected chi connectivity index (χ0v) is 13.5. The van der Waals surface area contributed by atoms with E-state index in [0.29, 0.717) is 10.6 Å². The molecule has 2 aromatic rings. The Hall–Kier alpha value is -1.37. The lowest BCUT2D eigenvalue weighted by Crippen LogP contribution is -2.13. The molecule has 0 fully saturated rings. The fourth-order valence-electron chi connectivity index (χ4n) is 1.56. The number of hydrogen-bond acceptors (Lipinski definition) is 3. The molecule has 0 atom stereocenters. The van der Waals surface area contributed by atoms with E-state index in [1.807, 2.05) is 6.92 Å². The maximum Gasteiger partial charge on any atom is 0.265 e. The number of halogens is 2. The maximum absolute atomic E-state index is 12.1. The summed E-state index contributed by atoms with van der Waals surface area (Å²) in [5.41, 5.74) is 6.89. The van der Waals surface area contributed by atoms with Crippen molar-refractivity contribution >= 4 is 56.4 Å². The van der Waals surface area contributed by atoms with Crippen LogP contribution < -0.4 is 11.1 Å². The fourth-order valence-corrected chi connectivity index (χ4v) is 3.26. The molecule has 1 aromatic carbocycles. The van der Waals surface area contributed by atoms with Crippen molar-refractivity contribution in [1.82, 2.24) is 0 Å². The third kappa shape index (κ3) is 3.20. The van der Waals surface area contributed by atoms with Gasteiger partial charge in [0.25, 0.3) is 5.91 Å². The first-order chi connectivity index (χ1) is 9.38. The molecule has 3 N–H and O–H groups in total. The van der Waals surface area contributed by atoms with Crippen molar-refractivity contribution in [3.8, 4) is 0 Å². The molecular weight excluding hydrogens is 364 g/mol. The summed E-state index contributed by atoms with van der Waals surface area (Å²) in [4.78, 5) is 23.7. The number of hydrogen-bond donors (Lipinski definition) is 2. The van der Waals surface area contributed by atoms with Gasteiger partial charge in [0, 0.05) is 5.69 Å². The van der Waals surface area contributed by atoms with Gasteiger partial charge in [-0.3, -0.25) is 9.59 Å². The molecule has 0 aliphatic heterocycles. The van der Waals surface area contributed by atoms with Crippen LogP contribution in [0.25, 0.3) is 0 Å². The summed E-state index contributed by atoms with van der Waals surface area (Å²) < 4.78 is 0.921. The average molecular weight is 374 g/mol. The SMILES string of the molecule is Cc1cc(C(=O)Nc2ccc(C(N)=O)c(Cl)c2)sc1Br. The molecule has 1 heterocycles. The molecule has 104 valence electrons. The van der Waals surface area contributed by atoms with Gasteiger partial charge in [-0.15, -0.1) is 11.3 Å². The van der Waals surface area contributed by atoms with Crippen molar-refractivity contribution in [2.24, 2.45) is 5.73 Å². The highest BCUT2D eigenvalue weighted by Gasteiger charge is 2.13. The minimum atomic E-state index is -0.606. The third-order valence-electron chi connectivity index (χ3n) is 2.57. The van der Waals surface area contributed by atoms with Crippen LogP contribution in [0.15, 0.2) is 28.1 Å². The van der Waals surface area contributed by atoms with Gasteiger partial charge in [-0.2, -0.15) is 0 Å². The molecule has 4 nitrogen and oxygen atoms in total. The van der Waals surface area contributed by atoms with Crippen molar-refractivity contribution in [3.05, 3.63) is 49.1 Å². The smallest absolute Gasteiger partial charge is 0.265 e. The lowest BCUT2D eigenvalue weighted by atomic mass is 10.2. The number of primary amides is 1. The van der Waals surface area contributed by atoms with Gasteiger partial charge in [0.1, 0.15) is 0 Å². The quantitative estimate of drug-likeness (QED) is 0.858. The lowest BCUT2D eigenvalue weighted by molar-refractivity contribution is 0.0998. The van der Waals surface area contributed by atoms with Crippen molar-refractivity contribution < 1.29 is 9.59 Å². The van der Waals surface area contributed by atoms with Crippen molar-refractivity contribution in [2.45, 2.75) is 6.92 Å². The molecule has 2 rings (SSSR count). The predicted molar refractivity (Wildman–Crippen MR) is 84.7 cm³/mol. The van der Waals surface area contributed by atoms with Crippen LogP contribution in [0.1, 0.15) is 25.6 Å². The van der Waals surface area contributed by atoms with E-state index in [0.717, 1.165) is 9.35 Å². The molecule has 0 radical (unpaired) electrons. The van der Waals surface area contributed by atoms with Crippen molar-refractivity contribution in [1.29, 1.82) is 0 Å². The second-order valence-electron chi connectivity index (χ2n) is 4.08. The molecule has 0 aliphatic rings. The lowest BCUT2D eigenvalue weighted by Gasteiger charge is -2.06. The van der Waals surface area contributed by atoms with Crippen molar-refractivity contribution in [3.63, 3.8) is 0 Å². The highest BCUT2D eigenvalue weighted by atomic mass is 79.9. The molecule has 20 heavy (non-hydrogen) atoms. The summed E-state index contributed by atoms with van der Waals surface area (Å²) in [5.74, 6) is -0.836. The molecular formula is C13H10BrClN2O2S. The standard InChI is InChI=1S/C13H10BrClN2O2S/c1-6-4-10(20-11(6)14)13(19)17-7-2-3-8(12(16)18)9(15)5-7/h2-5H,1H3,(H2,16,18)(H,17,19). The van der Waals surface area contributed by atoms with Gasteiger partial charge in [0.2, 0.25) is 5.91 Å². The number of amides is 2. The van der Waals surface area contributed by atoms with Gasteiger partial charge < -0.3 is 11.1 Å². The van der Waals surface area contributed by atoms with Crippen LogP contribution in [0, 0.1) is 6.92 Å². The number of nitrogens with two attached hydrogens (primary N) is 1. The number of benzene rings is 1. The monoisotopic (exact) mass is 372 g/mol. The number of carbonyl (C=O) groups excluding carboxylic acids is 2. The van der Waals surface area contributed by atoms with Crippen LogP contribution in [0.4, 0.5) is 5.69 Å². The summed E-state index contributed by atoms with van der Waals surface area (Å²) in [7, 11) is 0. The molecule has 7 heteroatoms. The minimum absolute atomic E-state index is 0.207. The average Bonchev–Trinajstić information content (AvgIpc) is 2.69. The van der Waals surface area contributed by atoms with E-state index in [-0.39, 0.29) is 16.5 Å². The van der Waals surface area contributed by atoms with E-state index in [2.05, 4.69) is 21.2 Å². The van der Waals surface area contributed by atoms with Crippen LogP contribution in [0.3, 0.4) is 0 Å². The molecule has 0 spiro atoms.